The van der Waals surface area contributed by atoms with Crippen molar-refractivity contribution < 1.29 is 14.3 Å². The molecule has 0 heterocycles. The van der Waals surface area contributed by atoms with Crippen molar-refractivity contribution in [3.8, 4) is 0 Å². The van der Waals surface area contributed by atoms with Crippen LogP contribution in [0.2, 0.25) is 0 Å². The van der Waals surface area contributed by atoms with Gasteiger partial charge in [0.05, 0.1) is 0 Å². The molecule has 0 unspecified atom stereocenters. The van der Waals surface area contributed by atoms with Crippen molar-refractivity contribution in [2.24, 2.45) is 5.73 Å². The third-order valence-electron chi connectivity index (χ3n) is 2.46. The highest BCUT2D eigenvalue weighted by atomic mass is 16.6. The molecule has 0 bridgehead atoms. The first kappa shape index (κ1) is 16.8. The van der Waals surface area contributed by atoms with Gasteiger partial charge in [-0.2, -0.15) is 0 Å². The van der Waals surface area contributed by atoms with Gasteiger partial charge in [-0.05, 0) is 44.9 Å². The molecule has 21 heavy (non-hydrogen) atoms. The van der Waals surface area contributed by atoms with E-state index in [-0.39, 0.29) is 0 Å². The molecule has 5 nitrogen and oxygen atoms in total. The van der Waals surface area contributed by atoms with Gasteiger partial charge < -0.3 is 15.8 Å². The molecular formula is C16H22N2O3. The van der Waals surface area contributed by atoms with E-state index < -0.39 is 17.6 Å². The smallest absolute Gasteiger partial charge is 0.407 e. The van der Waals surface area contributed by atoms with Gasteiger partial charge in [-0.25, -0.2) is 4.79 Å². The summed E-state index contributed by atoms with van der Waals surface area (Å²) in [6.45, 7) is 5.94. The fraction of sp³-hybridized carbons (Fsp3) is 0.375. The monoisotopic (exact) mass is 290 g/mol. The summed E-state index contributed by atoms with van der Waals surface area (Å²) >= 11 is 0. The van der Waals surface area contributed by atoms with Crippen LogP contribution in [0.25, 0.3) is 6.08 Å². The van der Waals surface area contributed by atoms with Gasteiger partial charge in [0, 0.05) is 12.1 Å². The molecule has 1 rings (SSSR count). The second-order valence-corrected chi connectivity index (χ2v) is 5.61. The van der Waals surface area contributed by atoms with E-state index in [9.17, 15) is 9.59 Å². The lowest BCUT2D eigenvalue weighted by atomic mass is 10.1. The molecule has 0 saturated heterocycles. The molecule has 0 aromatic heterocycles. The molecule has 0 aliphatic heterocycles. The van der Waals surface area contributed by atoms with E-state index in [1.54, 1.807) is 18.2 Å². The summed E-state index contributed by atoms with van der Waals surface area (Å²) in [5, 5.41) is 2.67. The van der Waals surface area contributed by atoms with Gasteiger partial charge >= 0.3 is 6.09 Å². The Labute approximate surface area is 125 Å². The summed E-state index contributed by atoms with van der Waals surface area (Å²) in [6.07, 6.45) is 4.03. The normalized spacial score (nSPS) is 11.4. The molecule has 0 atom stereocenters. The maximum absolute atomic E-state index is 11.4. The van der Waals surface area contributed by atoms with Crippen LogP contribution < -0.4 is 11.1 Å². The summed E-state index contributed by atoms with van der Waals surface area (Å²) in [7, 11) is 0. The Morgan fingerprint density at radius 3 is 2.67 bits per heavy atom. The van der Waals surface area contributed by atoms with Crippen LogP contribution in [0.4, 0.5) is 4.79 Å². The Morgan fingerprint density at radius 1 is 1.33 bits per heavy atom. The highest BCUT2D eigenvalue weighted by Gasteiger charge is 2.15. The van der Waals surface area contributed by atoms with Gasteiger partial charge in [-0.3, -0.25) is 4.79 Å². The standard InChI is InChI=1S/C16H22N2O3/c1-16(2,3)21-15(20)18-10-5-4-7-12-8-6-9-13(11-12)14(17)19/h4,6-9,11H,5,10H2,1-3H3,(H2,17,19)(H,18,20). The Morgan fingerprint density at radius 2 is 2.05 bits per heavy atom. The topological polar surface area (TPSA) is 81.4 Å². The molecule has 5 heteroatoms. The van der Waals surface area contributed by atoms with Crippen molar-refractivity contribution in [2.75, 3.05) is 6.54 Å². The first-order valence-electron chi connectivity index (χ1n) is 6.81. The molecule has 114 valence electrons. The third kappa shape index (κ3) is 7.15. The van der Waals surface area contributed by atoms with E-state index in [1.807, 2.05) is 39.0 Å². The lowest BCUT2D eigenvalue weighted by molar-refractivity contribution is 0.0528. The van der Waals surface area contributed by atoms with Crippen LogP contribution in [0.5, 0.6) is 0 Å². The molecule has 0 radical (unpaired) electrons. The number of rotatable bonds is 5. The molecule has 0 aliphatic carbocycles. The number of carbonyl (C=O) groups excluding carboxylic acids is 2. The van der Waals surface area contributed by atoms with Gasteiger partial charge in [-0.1, -0.05) is 24.3 Å². The maximum Gasteiger partial charge on any atom is 0.407 e. The van der Waals surface area contributed by atoms with Crippen molar-refractivity contribution >= 4 is 18.1 Å². The summed E-state index contributed by atoms with van der Waals surface area (Å²) in [5.41, 5.74) is 6.10. The molecule has 1 aromatic carbocycles. The zero-order valence-electron chi connectivity index (χ0n) is 12.7. The van der Waals surface area contributed by atoms with Gasteiger partial charge in [0.15, 0.2) is 0 Å². The molecular weight excluding hydrogens is 268 g/mol. The number of nitrogens with two attached hydrogens (primary N) is 1. The minimum Gasteiger partial charge on any atom is -0.444 e. The Hall–Kier alpha value is -2.30. The fourth-order valence-corrected chi connectivity index (χ4v) is 1.59. The Kier molecular flexibility index (Phi) is 5.96. The van der Waals surface area contributed by atoms with Crippen LogP contribution in [-0.2, 0) is 4.74 Å². The first-order chi connectivity index (χ1) is 9.78. The lowest BCUT2D eigenvalue weighted by Gasteiger charge is -2.19. The summed E-state index contributed by atoms with van der Waals surface area (Å²) in [4.78, 5) is 22.5. The first-order valence-corrected chi connectivity index (χ1v) is 6.81. The highest BCUT2D eigenvalue weighted by Crippen LogP contribution is 2.08. The van der Waals surface area contributed by atoms with Crippen molar-refractivity contribution in [1.82, 2.24) is 5.32 Å². The number of benzene rings is 1. The van der Waals surface area contributed by atoms with Gasteiger partial charge in [-0.15, -0.1) is 0 Å². The predicted molar refractivity (Wildman–Crippen MR) is 82.8 cm³/mol. The minimum atomic E-state index is -0.491. The van der Waals surface area contributed by atoms with Gasteiger partial charge in [0.1, 0.15) is 5.60 Å². The number of primary amides is 1. The molecule has 0 aliphatic rings. The highest BCUT2D eigenvalue weighted by molar-refractivity contribution is 5.93. The second kappa shape index (κ2) is 7.47. The number of hydrogen-bond donors (Lipinski definition) is 2. The zero-order valence-corrected chi connectivity index (χ0v) is 12.7. The predicted octanol–water partition coefficient (Wildman–Crippen LogP) is 2.71. The molecule has 0 spiro atoms. The number of alkyl carbamates (subject to hydrolysis) is 1. The molecule has 3 N–H and O–H groups in total. The summed E-state index contributed by atoms with van der Waals surface area (Å²) < 4.78 is 5.12. The second-order valence-electron chi connectivity index (χ2n) is 5.61. The SMILES string of the molecule is CC(C)(C)OC(=O)NCCC=Cc1cccc(C(N)=O)c1. The number of amides is 2. The van der Waals surface area contributed by atoms with E-state index in [0.29, 0.717) is 18.5 Å². The minimum absolute atomic E-state index is 0.424. The van der Waals surface area contributed by atoms with E-state index in [0.717, 1.165) is 5.56 Å². The number of nitrogens with one attached hydrogen (secondary N) is 1. The molecule has 2 amide bonds. The van der Waals surface area contributed by atoms with E-state index in [4.69, 9.17) is 10.5 Å². The van der Waals surface area contributed by atoms with Crippen LogP contribution in [0.3, 0.4) is 0 Å². The lowest BCUT2D eigenvalue weighted by Crippen LogP contribution is -2.32. The largest absolute Gasteiger partial charge is 0.444 e. The summed E-state index contributed by atoms with van der Waals surface area (Å²) in [6, 6.07) is 7.05. The maximum atomic E-state index is 11.4. The summed E-state index contributed by atoms with van der Waals surface area (Å²) in [5.74, 6) is -0.447. The van der Waals surface area contributed by atoms with E-state index >= 15 is 0 Å². The van der Waals surface area contributed by atoms with Crippen LogP contribution in [0.1, 0.15) is 43.1 Å². The molecule has 0 fully saturated rings. The van der Waals surface area contributed by atoms with Crippen molar-refractivity contribution in [1.29, 1.82) is 0 Å². The zero-order chi connectivity index (χ0) is 15.9. The van der Waals surface area contributed by atoms with Crippen LogP contribution in [-0.4, -0.2) is 24.1 Å². The molecule has 0 saturated carbocycles. The van der Waals surface area contributed by atoms with Crippen molar-refractivity contribution in [3.05, 3.63) is 41.5 Å². The van der Waals surface area contributed by atoms with Gasteiger partial charge in [0.2, 0.25) is 5.91 Å². The average molecular weight is 290 g/mol. The van der Waals surface area contributed by atoms with E-state index in [1.165, 1.54) is 0 Å². The van der Waals surface area contributed by atoms with Crippen molar-refractivity contribution in [3.63, 3.8) is 0 Å². The van der Waals surface area contributed by atoms with Gasteiger partial charge in [0.25, 0.3) is 0 Å². The van der Waals surface area contributed by atoms with E-state index in [2.05, 4.69) is 5.32 Å². The molecule has 1 aromatic rings. The quantitative estimate of drug-likeness (QED) is 0.818. The van der Waals surface area contributed by atoms with Crippen LogP contribution in [0, 0.1) is 0 Å². The number of ether oxygens (including phenoxy) is 1. The third-order valence-corrected chi connectivity index (χ3v) is 2.46. The van der Waals surface area contributed by atoms with Crippen LogP contribution >= 0.6 is 0 Å². The number of carbonyl (C=O) groups is 2. The van der Waals surface area contributed by atoms with Crippen LogP contribution in [0.15, 0.2) is 30.3 Å². The van der Waals surface area contributed by atoms with Crippen molar-refractivity contribution in [2.45, 2.75) is 32.8 Å². The Balaban J connectivity index is 2.37. The Bertz CT molecular complexity index is 531. The fourth-order valence-electron chi connectivity index (χ4n) is 1.59. The average Bonchev–Trinajstić information content (AvgIpc) is 2.36. The number of hydrogen-bond acceptors (Lipinski definition) is 3.